The summed E-state index contributed by atoms with van der Waals surface area (Å²) in [4.78, 5) is 24.2. The zero-order valence-electron chi connectivity index (χ0n) is 16.8. The summed E-state index contributed by atoms with van der Waals surface area (Å²) in [5, 5.41) is 20.2. The Hall–Kier alpha value is -3.25. The predicted octanol–water partition coefficient (Wildman–Crippen LogP) is 5.27. The number of hydrogen-bond acceptors (Lipinski definition) is 3. The molecule has 1 amide bonds. The highest BCUT2D eigenvalue weighted by molar-refractivity contribution is 8.02. The minimum absolute atomic E-state index is 0.198. The lowest BCUT2D eigenvalue weighted by atomic mass is 9.84. The SMILES string of the molecule is O=C(O)N1CCCC1(SC(c1ccccc1)(c1ccccc1)c1ccccc1)C(=O)O. The van der Waals surface area contributed by atoms with Crippen molar-refractivity contribution in [1.82, 2.24) is 4.90 Å². The molecule has 1 heterocycles. The second kappa shape index (κ2) is 8.47. The highest BCUT2D eigenvalue weighted by Crippen LogP contribution is 2.56. The third kappa shape index (κ3) is 3.57. The molecule has 0 saturated carbocycles. The fraction of sp³-hybridized carbons (Fsp3) is 0.200. The van der Waals surface area contributed by atoms with Gasteiger partial charge in [-0.3, -0.25) is 4.90 Å². The molecule has 31 heavy (non-hydrogen) atoms. The van der Waals surface area contributed by atoms with E-state index in [4.69, 9.17) is 0 Å². The van der Waals surface area contributed by atoms with Crippen molar-refractivity contribution >= 4 is 23.8 Å². The molecule has 1 unspecified atom stereocenters. The number of hydrogen-bond donors (Lipinski definition) is 2. The van der Waals surface area contributed by atoms with Crippen molar-refractivity contribution < 1.29 is 19.8 Å². The Balaban J connectivity index is 2.03. The van der Waals surface area contributed by atoms with Crippen LogP contribution in [0, 0.1) is 0 Å². The summed E-state index contributed by atoms with van der Waals surface area (Å²) in [6.45, 7) is 0.198. The summed E-state index contributed by atoms with van der Waals surface area (Å²) in [7, 11) is 0. The molecule has 1 aliphatic heterocycles. The van der Waals surface area contributed by atoms with Crippen LogP contribution in [0.4, 0.5) is 4.79 Å². The van der Waals surface area contributed by atoms with Crippen molar-refractivity contribution in [2.45, 2.75) is 22.5 Å². The first kappa shape index (κ1) is 21.0. The second-order valence-corrected chi connectivity index (χ2v) is 9.00. The van der Waals surface area contributed by atoms with Crippen LogP contribution in [-0.4, -0.2) is 38.6 Å². The molecule has 4 rings (SSSR count). The maximum absolute atomic E-state index is 12.7. The van der Waals surface area contributed by atoms with E-state index in [-0.39, 0.29) is 13.0 Å². The maximum Gasteiger partial charge on any atom is 0.408 e. The van der Waals surface area contributed by atoms with Gasteiger partial charge in [0.2, 0.25) is 0 Å². The molecule has 0 aromatic heterocycles. The van der Waals surface area contributed by atoms with Gasteiger partial charge in [0.15, 0.2) is 4.87 Å². The fourth-order valence-corrected chi connectivity index (χ4v) is 6.24. The van der Waals surface area contributed by atoms with E-state index in [1.54, 1.807) is 0 Å². The highest BCUT2D eigenvalue weighted by Gasteiger charge is 2.57. The number of benzene rings is 3. The molecule has 0 radical (unpaired) electrons. The van der Waals surface area contributed by atoms with Crippen molar-refractivity contribution in [2.24, 2.45) is 0 Å². The molecule has 0 bridgehead atoms. The fourth-order valence-electron chi connectivity index (χ4n) is 4.36. The average molecular weight is 434 g/mol. The number of carboxylic acid groups (broad SMARTS) is 2. The van der Waals surface area contributed by atoms with E-state index in [0.29, 0.717) is 6.42 Å². The molecule has 1 saturated heterocycles. The summed E-state index contributed by atoms with van der Waals surface area (Å²) >= 11 is 1.20. The van der Waals surface area contributed by atoms with Crippen molar-refractivity contribution in [1.29, 1.82) is 0 Å². The topological polar surface area (TPSA) is 77.8 Å². The normalized spacial score (nSPS) is 18.6. The zero-order chi connectivity index (χ0) is 21.9. The number of thioether (sulfide) groups is 1. The Labute approximate surface area is 185 Å². The predicted molar refractivity (Wildman–Crippen MR) is 121 cm³/mol. The van der Waals surface area contributed by atoms with E-state index < -0.39 is 21.7 Å². The van der Waals surface area contributed by atoms with Gasteiger partial charge in [-0.05, 0) is 29.5 Å². The molecule has 1 fully saturated rings. The maximum atomic E-state index is 12.7. The summed E-state index contributed by atoms with van der Waals surface area (Å²) in [6.07, 6.45) is -0.469. The van der Waals surface area contributed by atoms with Crippen LogP contribution in [0.3, 0.4) is 0 Å². The van der Waals surface area contributed by atoms with E-state index in [9.17, 15) is 19.8 Å². The summed E-state index contributed by atoms with van der Waals surface area (Å²) in [5.74, 6) is -1.13. The standard InChI is InChI=1S/C25H23NO4S/c27-22(28)24(17-10-18-26(24)23(29)30)31-25(19-11-4-1-5-12-19,20-13-6-2-7-14-20)21-15-8-3-9-16-21/h1-9,11-16H,10,17-18H2,(H,27,28)(H,29,30). The quantitative estimate of drug-likeness (QED) is 0.518. The molecule has 3 aromatic rings. The van der Waals surface area contributed by atoms with Gasteiger partial charge in [-0.2, -0.15) is 0 Å². The monoisotopic (exact) mass is 433 g/mol. The van der Waals surface area contributed by atoms with Crippen LogP contribution in [0.15, 0.2) is 91.0 Å². The van der Waals surface area contributed by atoms with Crippen LogP contribution in [0.5, 0.6) is 0 Å². The van der Waals surface area contributed by atoms with Gasteiger partial charge in [-0.1, -0.05) is 91.0 Å². The van der Waals surface area contributed by atoms with Gasteiger partial charge in [0.05, 0.1) is 4.75 Å². The van der Waals surface area contributed by atoms with Gasteiger partial charge < -0.3 is 10.2 Å². The Morgan fingerprint density at radius 3 is 1.55 bits per heavy atom. The number of likely N-dealkylation sites (tertiary alicyclic amines) is 1. The molecule has 1 atom stereocenters. The zero-order valence-corrected chi connectivity index (χ0v) is 17.7. The number of aliphatic carboxylic acids is 1. The van der Waals surface area contributed by atoms with Gasteiger partial charge in [0, 0.05) is 6.54 Å². The van der Waals surface area contributed by atoms with Gasteiger partial charge in [-0.15, -0.1) is 11.8 Å². The molecule has 2 N–H and O–H groups in total. The lowest BCUT2D eigenvalue weighted by molar-refractivity contribution is -0.143. The smallest absolute Gasteiger partial charge is 0.408 e. The Morgan fingerprint density at radius 1 is 0.774 bits per heavy atom. The van der Waals surface area contributed by atoms with Crippen LogP contribution >= 0.6 is 11.8 Å². The van der Waals surface area contributed by atoms with E-state index in [0.717, 1.165) is 21.6 Å². The first-order valence-corrected chi connectivity index (χ1v) is 10.9. The van der Waals surface area contributed by atoms with Gasteiger partial charge in [-0.25, -0.2) is 9.59 Å². The minimum Gasteiger partial charge on any atom is -0.479 e. The lowest BCUT2D eigenvalue weighted by Crippen LogP contribution is -2.52. The van der Waals surface area contributed by atoms with Crippen molar-refractivity contribution in [3.05, 3.63) is 108 Å². The molecule has 0 aliphatic carbocycles. The van der Waals surface area contributed by atoms with Crippen LogP contribution in [0.2, 0.25) is 0 Å². The van der Waals surface area contributed by atoms with Gasteiger partial charge in [0.1, 0.15) is 0 Å². The van der Waals surface area contributed by atoms with Crippen LogP contribution in [-0.2, 0) is 9.54 Å². The molecule has 3 aromatic carbocycles. The molecule has 6 heteroatoms. The highest BCUT2D eigenvalue weighted by atomic mass is 32.2. The Bertz CT molecular complexity index is 962. The Morgan fingerprint density at radius 2 is 1.19 bits per heavy atom. The number of amides is 1. The number of carbonyl (C=O) groups is 2. The van der Waals surface area contributed by atoms with E-state index in [1.165, 1.54) is 11.8 Å². The largest absolute Gasteiger partial charge is 0.479 e. The van der Waals surface area contributed by atoms with Gasteiger partial charge in [0.25, 0.3) is 0 Å². The molecule has 158 valence electrons. The molecular weight excluding hydrogens is 410 g/mol. The Kier molecular flexibility index (Phi) is 5.74. The van der Waals surface area contributed by atoms with Crippen LogP contribution in [0.1, 0.15) is 29.5 Å². The molecule has 1 aliphatic rings. The first-order chi connectivity index (χ1) is 15.0. The summed E-state index contributed by atoms with van der Waals surface area (Å²) in [6, 6.07) is 29.1. The van der Waals surface area contributed by atoms with E-state index >= 15 is 0 Å². The number of nitrogens with zero attached hydrogens (tertiary/aromatic N) is 1. The van der Waals surface area contributed by atoms with Crippen LogP contribution < -0.4 is 0 Å². The first-order valence-electron chi connectivity index (χ1n) is 10.1. The van der Waals surface area contributed by atoms with Crippen molar-refractivity contribution in [3.63, 3.8) is 0 Å². The van der Waals surface area contributed by atoms with Gasteiger partial charge >= 0.3 is 12.1 Å². The minimum atomic E-state index is -1.60. The number of carboxylic acids is 1. The van der Waals surface area contributed by atoms with E-state index in [1.807, 2.05) is 91.0 Å². The summed E-state index contributed by atoms with van der Waals surface area (Å²) < 4.78 is -0.916. The lowest BCUT2D eigenvalue weighted by Gasteiger charge is -2.43. The van der Waals surface area contributed by atoms with E-state index in [2.05, 4.69) is 0 Å². The number of rotatable bonds is 6. The summed E-state index contributed by atoms with van der Waals surface area (Å²) in [5.41, 5.74) is 2.70. The third-order valence-corrected chi connectivity index (χ3v) is 7.71. The second-order valence-electron chi connectivity index (χ2n) is 7.51. The van der Waals surface area contributed by atoms with Crippen LogP contribution in [0.25, 0.3) is 0 Å². The average Bonchev–Trinajstić information content (AvgIpc) is 3.25. The molecular formula is C25H23NO4S. The van der Waals surface area contributed by atoms with Crippen molar-refractivity contribution in [3.8, 4) is 0 Å². The third-order valence-electron chi connectivity index (χ3n) is 5.76. The molecule has 5 nitrogen and oxygen atoms in total. The molecule has 0 spiro atoms. The van der Waals surface area contributed by atoms with Crippen molar-refractivity contribution in [2.75, 3.05) is 6.54 Å².